The summed E-state index contributed by atoms with van der Waals surface area (Å²) in [6, 6.07) is 4.93. The summed E-state index contributed by atoms with van der Waals surface area (Å²) in [7, 11) is 0. The van der Waals surface area contributed by atoms with Crippen LogP contribution in [-0.4, -0.2) is 37.6 Å². The number of amides is 2. The number of carbonyl (C=O) groups excluding carboxylic acids is 2. The second-order valence-electron chi connectivity index (χ2n) is 5.06. The maximum absolute atomic E-state index is 11.9. The number of rotatable bonds is 5. The van der Waals surface area contributed by atoms with Gasteiger partial charge >= 0.3 is 0 Å². The van der Waals surface area contributed by atoms with Crippen molar-refractivity contribution in [2.24, 2.45) is 0 Å². The highest BCUT2D eigenvalue weighted by Gasteiger charge is 2.23. The Bertz CT molecular complexity index is 560. The summed E-state index contributed by atoms with van der Waals surface area (Å²) in [6.45, 7) is 2.70. The summed E-state index contributed by atoms with van der Waals surface area (Å²) in [5.41, 5.74) is 0.535. The molecule has 7 heteroatoms. The van der Waals surface area contributed by atoms with Crippen LogP contribution in [0, 0.1) is 0 Å². The van der Waals surface area contributed by atoms with E-state index in [2.05, 4.69) is 5.32 Å². The minimum atomic E-state index is -0.375. The lowest BCUT2D eigenvalue weighted by atomic mass is 10.2. The molecule has 0 radical (unpaired) electrons. The van der Waals surface area contributed by atoms with Gasteiger partial charge in [-0.1, -0.05) is 23.2 Å². The van der Waals surface area contributed by atoms with Crippen LogP contribution in [0.5, 0.6) is 0 Å². The Hall–Kier alpha value is -1.30. The number of halogens is 2. The molecular formula is C15H18Cl2N2O3. The van der Waals surface area contributed by atoms with Crippen molar-refractivity contribution in [3.63, 3.8) is 0 Å². The van der Waals surface area contributed by atoms with Crippen LogP contribution in [-0.2, 0) is 14.3 Å². The van der Waals surface area contributed by atoms with E-state index in [9.17, 15) is 9.59 Å². The van der Waals surface area contributed by atoms with Crippen molar-refractivity contribution < 1.29 is 14.3 Å². The Morgan fingerprint density at radius 2 is 2.18 bits per heavy atom. The Labute approximate surface area is 139 Å². The zero-order valence-electron chi connectivity index (χ0n) is 12.3. The molecule has 22 heavy (non-hydrogen) atoms. The highest BCUT2D eigenvalue weighted by atomic mass is 35.5. The van der Waals surface area contributed by atoms with Crippen LogP contribution in [0.15, 0.2) is 18.2 Å². The molecule has 1 aliphatic heterocycles. The molecule has 1 aromatic rings. The first-order chi connectivity index (χ1) is 10.5. The number of nitrogens with one attached hydrogen (secondary N) is 1. The van der Waals surface area contributed by atoms with E-state index in [0.717, 1.165) is 12.8 Å². The summed E-state index contributed by atoms with van der Waals surface area (Å²) in [5, 5.41) is 3.71. The topological polar surface area (TPSA) is 58.6 Å². The molecule has 2 rings (SSSR count). The number of ether oxygens (including phenoxy) is 1. The molecule has 1 saturated heterocycles. The van der Waals surface area contributed by atoms with E-state index in [1.54, 1.807) is 18.2 Å². The molecule has 1 aromatic carbocycles. The molecule has 0 aliphatic carbocycles. The van der Waals surface area contributed by atoms with E-state index < -0.39 is 0 Å². The first-order valence-electron chi connectivity index (χ1n) is 7.11. The van der Waals surface area contributed by atoms with Crippen molar-refractivity contribution in [3.05, 3.63) is 28.2 Å². The van der Waals surface area contributed by atoms with Crippen LogP contribution in [0.2, 0.25) is 10.0 Å². The fourth-order valence-electron chi connectivity index (χ4n) is 2.33. The van der Waals surface area contributed by atoms with Gasteiger partial charge in [0, 0.05) is 31.6 Å². The van der Waals surface area contributed by atoms with E-state index in [-0.39, 0.29) is 17.9 Å². The zero-order valence-corrected chi connectivity index (χ0v) is 13.8. The van der Waals surface area contributed by atoms with Crippen LogP contribution in [0.4, 0.5) is 5.69 Å². The van der Waals surface area contributed by atoms with Crippen LogP contribution in [0.25, 0.3) is 0 Å². The molecule has 0 spiro atoms. The zero-order chi connectivity index (χ0) is 16.1. The quantitative estimate of drug-likeness (QED) is 0.893. The second kappa shape index (κ2) is 7.81. The Morgan fingerprint density at radius 3 is 2.82 bits per heavy atom. The third-order valence-electron chi connectivity index (χ3n) is 3.44. The van der Waals surface area contributed by atoms with E-state index in [1.807, 2.05) is 0 Å². The molecule has 120 valence electrons. The molecule has 0 bridgehead atoms. The van der Waals surface area contributed by atoms with Gasteiger partial charge < -0.3 is 15.0 Å². The smallest absolute Gasteiger partial charge is 0.249 e. The molecule has 0 aromatic heterocycles. The predicted octanol–water partition coefficient (Wildman–Crippen LogP) is 2.64. The lowest BCUT2D eigenvalue weighted by molar-refractivity contribution is -0.130. The number of carbonyl (C=O) groups is 2. The first-order valence-corrected chi connectivity index (χ1v) is 7.87. The summed E-state index contributed by atoms with van der Waals surface area (Å²) in [4.78, 5) is 25.2. The van der Waals surface area contributed by atoms with Gasteiger partial charge in [0.05, 0.1) is 10.7 Å². The van der Waals surface area contributed by atoms with Crippen molar-refractivity contribution in [2.75, 3.05) is 24.6 Å². The van der Waals surface area contributed by atoms with Crippen molar-refractivity contribution in [1.29, 1.82) is 0 Å². The van der Waals surface area contributed by atoms with Gasteiger partial charge in [-0.2, -0.15) is 0 Å². The maximum Gasteiger partial charge on any atom is 0.249 e. The van der Waals surface area contributed by atoms with Gasteiger partial charge in [0.2, 0.25) is 11.8 Å². The molecule has 1 N–H and O–H groups in total. The molecule has 2 amide bonds. The monoisotopic (exact) mass is 344 g/mol. The van der Waals surface area contributed by atoms with Gasteiger partial charge in [0.15, 0.2) is 0 Å². The van der Waals surface area contributed by atoms with Gasteiger partial charge in [-0.05, 0) is 31.0 Å². The average molecular weight is 345 g/mol. The van der Waals surface area contributed by atoms with E-state index in [4.69, 9.17) is 27.9 Å². The number of hydrogen-bond acceptors (Lipinski definition) is 3. The molecule has 5 nitrogen and oxygen atoms in total. The van der Waals surface area contributed by atoms with Gasteiger partial charge in [-0.3, -0.25) is 9.59 Å². The third-order valence-corrected chi connectivity index (χ3v) is 3.99. The van der Waals surface area contributed by atoms with Crippen molar-refractivity contribution in [3.8, 4) is 0 Å². The third kappa shape index (κ3) is 4.35. The van der Waals surface area contributed by atoms with Gasteiger partial charge in [0.25, 0.3) is 0 Å². The predicted molar refractivity (Wildman–Crippen MR) is 86.5 cm³/mol. The van der Waals surface area contributed by atoms with E-state index in [1.165, 1.54) is 11.8 Å². The van der Waals surface area contributed by atoms with Crippen molar-refractivity contribution in [1.82, 2.24) is 5.32 Å². The molecular weight excluding hydrogens is 327 g/mol. The lowest BCUT2D eigenvalue weighted by Gasteiger charge is -2.23. The minimum absolute atomic E-state index is 0.141. The number of hydrogen-bond donors (Lipinski definition) is 1. The van der Waals surface area contributed by atoms with Crippen LogP contribution in [0.3, 0.4) is 0 Å². The summed E-state index contributed by atoms with van der Waals surface area (Å²) in [6.07, 6.45) is 1.26. The Balaban J connectivity index is 1.96. The van der Waals surface area contributed by atoms with Crippen molar-refractivity contribution >= 4 is 40.7 Å². The maximum atomic E-state index is 11.9. The Morgan fingerprint density at radius 1 is 1.41 bits per heavy atom. The summed E-state index contributed by atoms with van der Waals surface area (Å²) >= 11 is 12.1. The van der Waals surface area contributed by atoms with Crippen LogP contribution >= 0.6 is 23.2 Å². The van der Waals surface area contributed by atoms with Crippen LogP contribution < -0.4 is 10.2 Å². The number of nitrogens with zero attached hydrogens (tertiary/aromatic N) is 1. The highest BCUT2D eigenvalue weighted by Crippen LogP contribution is 2.29. The number of benzene rings is 1. The van der Waals surface area contributed by atoms with E-state index in [0.29, 0.717) is 35.4 Å². The molecule has 1 heterocycles. The van der Waals surface area contributed by atoms with Crippen LogP contribution in [0.1, 0.15) is 19.8 Å². The highest BCUT2D eigenvalue weighted by molar-refractivity contribution is 6.35. The normalized spacial score (nSPS) is 17.3. The van der Waals surface area contributed by atoms with Gasteiger partial charge in [-0.25, -0.2) is 0 Å². The standard InChI is InChI=1S/C15H18Cl2N2O3/c1-10(20)19(13-9-11(16)4-5-12(13)17)7-6-18-15(21)14-3-2-8-22-14/h4-5,9,14H,2-3,6-8H2,1H3,(H,18,21). The Kier molecular flexibility index (Phi) is 6.06. The molecule has 0 saturated carbocycles. The average Bonchev–Trinajstić information content (AvgIpc) is 3.00. The first kappa shape index (κ1) is 17.1. The fraction of sp³-hybridized carbons (Fsp3) is 0.467. The minimum Gasteiger partial charge on any atom is -0.368 e. The van der Waals surface area contributed by atoms with E-state index >= 15 is 0 Å². The lowest BCUT2D eigenvalue weighted by Crippen LogP contribution is -2.41. The molecule has 1 unspecified atom stereocenters. The summed E-state index contributed by atoms with van der Waals surface area (Å²) < 4.78 is 5.31. The fourth-order valence-corrected chi connectivity index (χ4v) is 2.72. The summed E-state index contributed by atoms with van der Waals surface area (Å²) in [5.74, 6) is -0.311. The SMILES string of the molecule is CC(=O)N(CCNC(=O)C1CCCO1)c1cc(Cl)ccc1Cl. The van der Waals surface area contributed by atoms with Gasteiger partial charge in [-0.15, -0.1) is 0 Å². The number of anilines is 1. The molecule has 1 fully saturated rings. The van der Waals surface area contributed by atoms with Crippen molar-refractivity contribution in [2.45, 2.75) is 25.9 Å². The second-order valence-corrected chi connectivity index (χ2v) is 5.90. The molecule has 1 atom stereocenters. The largest absolute Gasteiger partial charge is 0.368 e. The van der Waals surface area contributed by atoms with Gasteiger partial charge in [0.1, 0.15) is 6.10 Å². The molecule has 1 aliphatic rings.